The van der Waals surface area contributed by atoms with Crippen molar-refractivity contribution in [2.24, 2.45) is 0 Å². The van der Waals surface area contributed by atoms with Crippen LogP contribution in [0.2, 0.25) is 5.02 Å². The van der Waals surface area contributed by atoms with Gasteiger partial charge in [-0.2, -0.15) is 0 Å². The first-order valence-corrected chi connectivity index (χ1v) is 10.1. The van der Waals surface area contributed by atoms with E-state index in [0.717, 1.165) is 49.6 Å². The summed E-state index contributed by atoms with van der Waals surface area (Å²) >= 11 is 6.22. The first kappa shape index (κ1) is 19.0. The second kappa shape index (κ2) is 7.94. The number of carbonyl (C=O) groups excluding carboxylic acids is 1. The van der Waals surface area contributed by atoms with Gasteiger partial charge in [-0.3, -0.25) is 9.69 Å². The van der Waals surface area contributed by atoms with E-state index in [9.17, 15) is 4.79 Å². The molecule has 3 aromatic rings. The molecule has 1 amide bonds. The number of halogens is 1. The largest absolute Gasteiger partial charge is 0.340 e. The molecule has 1 atom stereocenters. The lowest BCUT2D eigenvalue weighted by Gasteiger charge is -2.37. The maximum absolute atomic E-state index is 11.6. The summed E-state index contributed by atoms with van der Waals surface area (Å²) in [6.07, 6.45) is 0. The fraction of sp³-hybridized carbons (Fsp3) is 0.364. The molecule has 0 saturated carbocycles. The predicted octanol–water partition coefficient (Wildman–Crippen LogP) is 3.96. The van der Waals surface area contributed by atoms with E-state index >= 15 is 0 Å². The molecule has 0 bridgehead atoms. The Hall–Kier alpha value is -2.37. The standard InChI is InChI=1S/C22H25ClN4O/c1-16(25-10-12-26(13-11-25)17(2)28)22-24-20-14-19(23)8-9-21(20)27(22)15-18-6-4-3-5-7-18/h3-9,14,16H,10-13,15H2,1-2H3/t16-/m1/s1. The summed E-state index contributed by atoms with van der Waals surface area (Å²) in [6.45, 7) is 7.86. The Morgan fingerprint density at radius 3 is 2.50 bits per heavy atom. The third-order valence-corrected chi connectivity index (χ3v) is 5.84. The molecule has 28 heavy (non-hydrogen) atoms. The molecule has 1 aromatic heterocycles. The van der Waals surface area contributed by atoms with E-state index in [4.69, 9.17) is 16.6 Å². The van der Waals surface area contributed by atoms with Gasteiger partial charge in [0, 0.05) is 44.7 Å². The molecule has 0 N–H and O–H groups in total. The second-order valence-corrected chi connectivity index (χ2v) is 7.83. The van der Waals surface area contributed by atoms with Crippen LogP contribution < -0.4 is 0 Å². The summed E-state index contributed by atoms with van der Waals surface area (Å²) in [5, 5.41) is 0.700. The third-order valence-electron chi connectivity index (χ3n) is 5.60. The van der Waals surface area contributed by atoms with Crippen LogP contribution in [0.15, 0.2) is 48.5 Å². The highest BCUT2D eigenvalue weighted by molar-refractivity contribution is 6.31. The second-order valence-electron chi connectivity index (χ2n) is 7.39. The molecular formula is C22H25ClN4O. The Kier molecular flexibility index (Phi) is 5.38. The number of hydrogen-bond acceptors (Lipinski definition) is 3. The number of amides is 1. The zero-order chi connectivity index (χ0) is 19.7. The van der Waals surface area contributed by atoms with Crippen molar-refractivity contribution in [3.63, 3.8) is 0 Å². The number of benzene rings is 2. The van der Waals surface area contributed by atoms with Crippen LogP contribution in [0.5, 0.6) is 0 Å². The van der Waals surface area contributed by atoms with Gasteiger partial charge in [0.1, 0.15) is 5.82 Å². The number of nitrogens with zero attached hydrogens (tertiary/aromatic N) is 4. The van der Waals surface area contributed by atoms with Crippen LogP contribution in [-0.4, -0.2) is 51.4 Å². The molecule has 0 unspecified atom stereocenters. The van der Waals surface area contributed by atoms with Gasteiger partial charge >= 0.3 is 0 Å². The highest BCUT2D eigenvalue weighted by Crippen LogP contribution is 2.28. The molecule has 2 aromatic carbocycles. The summed E-state index contributed by atoms with van der Waals surface area (Å²) in [7, 11) is 0. The number of fused-ring (bicyclic) bond motifs is 1. The van der Waals surface area contributed by atoms with E-state index in [1.165, 1.54) is 5.56 Å². The van der Waals surface area contributed by atoms with Crippen LogP contribution in [0.4, 0.5) is 0 Å². The molecule has 1 fully saturated rings. The van der Waals surface area contributed by atoms with Gasteiger partial charge in [0.15, 0.2) is 0 Å². The van der Waals surface area contributed by atoms with E-state index in [2.05, 4.69) is 46.7 Å². The topological polar surface area (TPSA) is 41.4 Å². The molecule has 2 heterocycles. The highest BCUT2D eigenvalue weighted by atomic mass is 35.5. The lowest BCUT2D eigenvalue weighted by atomic mass is 10.2. The molecule has 1 aliphatic heterocycles. The van der Waals surface area contributed by atoms with Crippen molar-refractivity contribution in [1.29, 1.82) is 0 Å². The van der Waals surface area contributed by atoms with Gasteiger partial charge in [-0.15, -0.1) is 0 Å². The maximum Gasteiger partial charge on any atom is 0.219 e. The monoisotopic (exact) mass is 396 g/mol. The van der Waals surface area contributed by atoms with Crippen molar-refractivity contribution in [3.05, 3.63) is 64.9 Å². The molecule has 0 radical (unpaired) electrons. The average Bonchev–Trinajstić information content (AvgIpc) is 3.05. The van der Waals surface area contributed by atoms with Crippen molar-refractivity contribution in [2.45, 2.75) is 26.4 Å². The molecular weight excluding hydrogens is 372 g/mol. The van der Waals surface area contributed by atoms with Crippen molar-refractivity contribution in [3.8, 4) is 0 Å². The van der Waals surface area contributed by atoms with Crippen LogP contribution in [0.25, 0.3) is 11.0 Å². The average molecular weight is 397 g/mol. The summed E-state index contributed by atoms with van der Waals surface area (Å²) in [6, 6.07) is 16.5. The minimum Gasteiger partial charge on any atom is -0.340 e. The Morgan fingerprint density at radius 1 is 1.11 bits per heavy atom. The van der Waals surface area contributed by atoms with Crippen LogP contribution in [0.3, 0.4) is 0 Å². The maximum atomic E-state index is 11.6. The lowest BCUT2D eigenvalue weighted by molar-refractivity contribution is -0.130. The quantitative estimate of drug-likeness (QED) is 0.670. The van der Waals surface area contributed by atoms with Crippen LogP contribution >= 0.6 is 11.6 Å². The molecule has 5 nitrogen and oxygen atoms in total. The van der Waals surface area contributed by atoms with E-state index in [1.807, 2.05) is 23.1 Å². The third kappa shape index (κ3) is 3.77. The van der Waals surface area contributed by atoms with Gasteiger partial charge in [0.25, 0.3) is 0 Å². The molecule has 1 aliphatic rings. The highest BCUT2D eigenvalue weighted by Gasteiger charge is 2.27. The van der Waals surface area contributed by atoms with Gasteiger partial charge in [0.2, 0.25) is 5.91 Å². The normalized spacial score (nSPS) is 16.5. The van der Waals surface area contributed by atoms with Crippen LogP contribution in [0, 0.1) is 0 Å². The Morgan fingerprint density at radius 2 is 1.82 bits per heavy atom. The summed E-state index contributed by atoms with van der Waals surface area (Å²) < 4.78 is 2.29. The van der Waals surface area contributed by atoms with E-state index in [-0.39, 0.29) is 11.9 Å². The Balaban J connectivity index is 1.67. The number of carbonyl (C=O) groups is 1. The fourth-order valence-electron chi connectivity index (χ4n) is 3.96. The lowest BCUT2D eigenvalue weighted by Crippen LogP contribution is -2.48. The number of hydrogen-bond donors (Lipinski definition) is 0. The number of piperazine rings is 1. The Labute approximate surface area is 170 Å². The fourth-order valence-corrected chi connectivity index (χ4v) is 4.13. The zero-order valence-electron chi connectivity index (χ0n) is 16.3. The summed E-state index contributed by atoms with van der Waals surface area (Å²) in [5.41, 5.74) is 3.26. The van der Waals surface area contributed by atoms with Gasteiger partial charge in [-0.05, 0) is 30.7 Å². The minimum atomic E-state index is 0.151. The molecule has 4 rings (SSSR count). The summed E-state index contributed by atoms with van der Waals surface area (Å²) in [5.74, 6) is 1.19. The number of imidazole rings is 1. The van der Waals surface area contributed by atoms with Crippen molar-refractivity contribution >= 4 is 28.5 Å². The van der Waals surface area contributed by atoms with E-state index in [0.29, 0.717) is 5.02 Å². The van der Waals surface area contributed by atoms with Crippen LogP contribution in [0.1, 0.15) is 31.3 Å². The van der Waals surface area contributed by atoms with Gasteiger partial charge in [0.05, 0.1) is 17.1 Å². The van der Waals surface area contributed by atoms with Gasteiger partial charge < -0.3 is 9.47 Å². The van der Waals surface area contributed by atoms with E-state index in [1.54, 1.807) is 6.92 Å². The number of rotatable bonds is 4. The van der Waals surface area contributed by atoms with Crippen molar-refractivity contribution in [2.75, 3.05) is 26.2 Å². The smallest absolute Gasteiger partial charge is 0.219 e. The Bertz CT molecular complexity index is 977. The molecule has 6 heteroatoms. The first-order chi connectivity index (χ1) is 13.5. The first-order valence-electron chi connectivity index (χ1n) is 9.72. The summed E-state index contributed by atoms with van der Waals surface area (Å²) in [4.78, 5) is 20.9. The zero-order valence-corrected chi connectivity index (χ0v) is 17.1. The minimum absolute atomic E-state index is 0.151. The van der Waals surface area contributed by atoms with Gasteiger partial charge in [-0.1, -0.05) is 41.9 Å². The van der Waals surface area contributed by atoms with Crippen molar-refractivity contribution in [1.82, 2.24) is 19.4 Å². The van der Waals surface area contributed by atoms with Crippen LogP contribution in [-0.2, 0) is 11.3 Å². The SMILES string of the molecule is CC(=O)N1CCN([C@H](C)c2nc3cc(Cl)ccc3n2Cc2ccccc2)CC1. The molecule has 0 aliphatic carbocycles. The van der Waals surface area contributed by atoms with E-state index < -0.39 is 0 Å². The molecule has 1 saturated heterocycles. The van der Waals surface area contributed by atoms with Crippen molar-refractivity contribution < 1.29 is 4.79 Å². The number of aromatic nitrogens is 2. The van der Waals surface area contributed by atoms with Gasteiger partial charge in [-0.25, -0.2) is 4.98 Å². The molecule has 0 spiro atoms. The predicted molar refractivity (Wildman–Crippen MR) is 113 cm³/mol. The molecule has 146 valence electrons.